The summed E-state index contributed by atoms with van der Waals surface area (Å²) in [5.41, 5.74) is 1.25. The molecule has 2 N–H and O–H groups in total. The number of esters is 1. The van der Waals surface area contributed by atoms with Gasteiger partial charge in [0.05, 0.1) is 30.5 Å². The molecule has 7 heteroatoms. The van der Waals surface area contributed by atoms with Crippen molar-refractivity contribution in [1.82, 2.24) is 5.32 Å². The fourth-order valence-corrected chi connectivity index (χ4v) is 2.25. The first-order valence-electron chi connectivity index (χ1n) is 7.92. The van der Waals surface area contributed by atoms with Crippen LogP contribution in [0.4, 0.5) is 5.69 Å². The van der Waals surface area contributed by atoms with Crippen molar-refractivity contribution in [2.45, 2.75) is 0 Å². The van der Waals surface area contributed by atoms with Gasteiger partial charge in [-0.2, -0.15) is 0 Å². The highest BCUT2D eigenvalue weighted by molar-refractivity contribution is 6.09. The van der Waals surface area contributed by atoms with Gasteiger partial charge in [-0.3, -0.25) is 9.59 Å². The number of benzene rings is 2. The third-order valence-corrected chi connectivity index (χ3v) is 3.56. The molecule has 0 aliphatic carbocycles. The molecular weight excluding hydrogens is 336 g/mol. The minimum Gasteiger partial charge on any atom is -0.465 e. The van der Waals surface area contributed by atoms with E-state index in [0.717, 1.165) is 0 Å². The van der Waals surface area contributed by atoms with E-state index in [1.165, 1.54) is 13.2 Å². The van der Waals surface area contributed by atoms with Crippen molar-refractivity contribution in [3.8, 4) is 0 Å². The molecule has 0 fully saturated rings. The maximum atomic E-state index is 12.5. The molecule has 0 unspecified atom stereocenters. The molecule has 0 saturated heterocycles. The third-order valence-electron chi connectivity index (χ3n) is 3.56. The molecule has 0 aliphatic heterocycles. The van der Waals surface area contributed by atoms with Crippen molar-refractivity contribution < 1.29 is 23.9 Å². The normalized spacial score (nSPS) is 10.1. The summed E-state index contributed by atoms with van der Waals surface area (Å²) in [4.78, 5) is 36.4. The zero-order chi connectivity index (χ0) is 18.9. The number of anilines is 1. The molecule has 0 heterocycles. The molecule has 0 spiro atoms. The second-order valence-electron chi connectivity index (χ2n) is 5.32. The summed E-state index contributed by atoms with van der Waals surface area (Å²) in [6.07, 6.45) is 0. The molecule has 0 radical (unpaired) electrons. The van der Waals surface area contributed by atoms with Gasteiger partial charge in [0.1, 0.15) is 0 Å². The van der Waals surface area contributed by atoms with E-state index >= 15 is 0 Å². The first-order chi connectivity index (χ1) is 12.6. The predicted molar refractivity (Wildman–Crippen MR) is 96.4 cm³/mol. The Bertz CT molecular complexity index is 804. The zero-order valence-electron chi connectivity index (χ0n) is 14.6. The van der Waals surface area contributed by atoms with Crippen LogP contribution in [0, 0.1) is 0 Å². The fraction of sp³-hybridized carbons (Fsp3) is 0.211. The van der Waals surface area contributed by atoms with E-state index < -0.39 is 11.9 Å². The maximum Gasteiger partial charge on any atom is 0.337 e. The highest BCUT2D eigenvalue weighted by atomic mass is 16.5. The number of carbonyl (C=O) groups excluding carboxylic acids is 3. The molecule has 0 saturated carbocycles. The quantitative estimate of drug-likeness (QED) is 0.585. The highest BCUT2D eigenvalue weighted by Gasteiger charge is 2.15. The van der Waals surface area contributed by atoms with Gasteiger partial charge in [0.2, 0.25) is 0 Å². The van der Waals surface area contributed by atoms with Crippen molar-refractivity contribution in [3.05, 3.63) is 65.2 Å². The van der Waals surface area contributed by atoms with Crippen LogP contribution in [0.2, 0.25) is 0 Å². The number of methoxy groups -OCH3 is 2. The molecule has 2 aromatic rings. The summed E-state index contributed by atoms with van der Waals surface area (Å²) in [6, 6.07) is 12.8. The SMILES string of the molecule is COCCNC(=O)c1ccccc1NC(=O)c1cccc(C(=O)OC)c1. The number of hydrogen-bond acceptors (Lipinski definition) is 5. The van der Waals surface area contributed by atoms with Gasteiger partial charge in [0, 0.05) is 19.2 Å². The van der Waals surface area contributed by atoms with Crippen LogP contribution in [0.3, 0.4) is 0 Å². The lowest BCUT2D eigenvalue weighted by atomic mass is 10.1. The number of para-hydroxylation sites is 1. The second kappa shape index (κ2) is 9.33. The lowest BCUT2D eigenvalue weighted by Gasteiger charge is -2.11. The predicted octanol–water partition coefficient (Wildman–Crippen LogP) is 2.10. The van der Waals surface area contributed by atoms with Crippen LogP contribution in [0.25, 0.3) is 0 Å². The van der Waals surface area contributed by atoms with Crippen LogP contribution in [-0.2, 0) is 9.47 Å². The number of carbonyl (C=O) groups is 3. The van der Waals surface area contributed by atoms with Gasteiger partial charge in [-0.1, -0.05) is 18.2 Å². The second-order valence-corrected chi connectivity index (χ2v) is 5.32. The van der Waals surface area contributed by atoms with Gasteiger partial charge in [-0.05, 0) is 30.3 Å². The van der Waals surface area contributed by atoms with Crippen LogP contribution >= 0.6 is 0 Å². The first kappa shape index (κ1) is 19.1. The molecule has 26 heavy (non-hydrogen) atoms. The molecule has 2 amide bonds. The molecule has 2 rings (SSSR count). The Morgan fingerprint density at radius 3 is 2.38 bits per heavy atom. The monoisotopic (exact) mass is 356 g/mol. The van der Waals surface area contributed by atoms with Crippen LogP contribution in [0.5, 0.6) is 0 Å². The Labute approximate surface area is 151 Å². The topological polar surface area (TPSA) is 93.7 Å². The van der Waals surface area contributed by atoms with Gasteiger partial charge in [0.15, 0.2) is 0 Å². The van der Waals surface area contributed by atoms with Crippen molar-refractivity contribution in [2.75, 3.05) is 32.7 Å². The summed E-state index contributed by atoms with van der Waals surface area (Å²) >= 11 is 0. The van der Waals surface area contributed by atoms with Crippen LogP contribution < -0.4 is 10.6 Å². The number of rotatable bonds is 7. The molecule has 7 nitrogen and oxygen atoms in total. The van der Waals surface area contributed by atoms with Crippen molar-refractivity contribution >= 4 is 23.5 Å². The number of nitrogens with one attached hydrogen (secondary N) is 2. The lowest BCUT2D eigenvalue weighted by molar-refractivity contribution is 0.0600. The van der Waals surface area contributed by atoms with E-state index in [1.54, 1.807) is 49.6 Å². The van der Waals surface area contributed by atoms with Crippen LogP contribution in [0.15, 0.2) is 48.5 Å². The molecule has 0 atom stereocenters. The van der Waals surface area contributed by atoms with Gasteiger partial charge in [-0.15, -0.1) is 0 Å². The van der Waals surface area contributed by atoms with Crippen molar-refractivity contribution in [1.29, 1.82) is 0 Å². The minimum atomic E-state index is -0.530. The van der Waals surface area contributed by atoms with E-state index in [4.69, 9.17) is 4.74 Å². The van der Waals surface area contributed by atoms with Gasteiger partial charge < -0.3 is 20.1 Å². The summed E-state index contributed by atoms with van der Waals surface area (Å²) in [6.45, 7) is 0.749. The summed E-state index contributed by atoms with van der Waals surface area (Å²) in [5.74, 6) is -1.29. The average molecular weight is 356 g/mol. The summed E-state index contributed by atoms with van der Waals surface area (Å²) in [7, 11) is 2.82. The van der Waals surface area contributed by atoms with Crippen LogP contribution in [0.1, 0.15) is 31.1 Å². The lowest BCUT2D eigenvalue weighted by Crippen LogP contribution is -2.28. The van der Waals surface area contributed by atoms with E-state index in [1.807, 2.05) is 0 Å². The standard InChI is InChI=1S/C19H20N2O5/c1-25-11-10-20-18(23)15-8-3-4-9-16(15)21-17(22)13-6-5-7-14(12-13)19(24)26-2/h3-9,12H,10-11H2,1-2H3,(H,20,23)(H,21,22). The summed E-state index contributed by atoms with van der Waals surface area (Å²) in [5, 5.41) is 5.41. The van der Waals surface area contributed by atoms with E-state index in [-0.39, 0.29) is 17.0 Å². The van der Waals surface area contributed by atoms with Gasteiger partial charge in [0.25, 0.3) is 11.8 Å². The molecule has 0 bridgehead atoms. The molecule has 0 aromatic heterocycles. The Kier molecular flexibility index (Phi) is 6.87. The largest absolute Gasteiger partial charge is 0.465 e. The fourth-order valence-electron chi connectivity index (χ4n) is 2.25. The Morgan fingerprint density at radius 2 is 1.65 bits per heavy atom. The van der Waals surface area contributed by atoms with E-state index in [0.29, 0.717) is 24.4 Å². The van der Waals surface area contributed by atoms with Gasteiger partial charge >= 0.3 is 5.97 Å². The maximum absolute atomic E-state index is 12.5. The third kappa shape index (κ3) is 4.90. The molecule has 2 aromatic carbocycles. The number of hydrogen-bond donors (Lipinski definition) is 2. The van der Waals surface area contributed by atoms with Gasteiger partial charge in [-0.25, -0.2) is 4.79 Å². The number of amides is 2. The molecular formula is C19H20N2O5. The molecule has 0 aliphatic rings. The molecule has 136 valence electrons. The Balaban J connectivity index is 2.17. The van der Waals surface area contributed by atoms with E-state index in [2.05, 4.69) is 15.4 Å². The smallest absolute Gasteiger partial charge is 0.337 e. The summed E-state index contributed by atoms with van der Waals surface area (Å²) < 4.78 is 9.55. The van der Waals surface area contributed by atoms with E-state index in [9.17, 15) is 14.4 Å². The Hall–Kier alpha value is -3.19. The first-order valence-corrected chi connectivity index (χ1v) is 7.92. The Morgan fingerprint density at radius 1 is 0.923 bits per heavy atom. The minimum absolute atomic E-state index is 0.269. The van der Waals surface area contributed by atoms with Crippen LogP contribution in [-0.4, -0.2) is 45.2 Å². The van der Waals surface area contributed by atoms with Crippen molar-refractivity contribution in [2.24, 2.45) is 0 Å². The highest BCUT2D eigenvalue weighted by Crippen LogP contribution is 2.17. The average Bonchev–Trinajstić information content (AvgIpc) is 2.68. The zero-order valence-corrected chi connectivity index (χ0v) is 14.6. The van der Waals surface area contributed by atoms with Crippen molar-refractivity contribution in [3.63, 3.8) is 0 Å². The number of ether oxygens (including phenoxy) is 2.